The number of hydrogen-bond donors (Lipinski definition) is 2. The summed E-state index contributed by atoms with van der Waals surface area (Å²) in [6, 6.07) is -1.39. The monoisotopic (exact) mass is 488 g/mol. The Morgan fingerprint density at radius 3 is 2.70 bits per heavy atom. The van der Waals surface area contributed by atoms with E-state index in [0.717, 1.165) is 19.3 Å². The van der Waals surface area contributed by atoms with Crippen LogP contribution in [0.5, 0.6) is 0 Å². The van der Waals surface area contributed by atoms with Crippen molar-refractivity contribution in [3.8, 4) is 0 Å². The van der Waals surface area contributed by atoms with Crippen LogP contribution < -0.4 is 5.32 Å². The summed E-state index contributed by atoms with van der Waals surface area (Å²) >= 11 is 3.60. The number of nitrogens with one attached hydrogen (secondary N) is 1. The molecule has 3 saturated heterocycles. The quantitative estimate of drug-likeness (QED) is 0.273. The second kappa shape index (κ2) is 9.53. The summed E-state index contributed by atoms with van der Waals surface area (Å²) in [6.45, 7) is 6.15. The van der Waals surface area contributed by atoms with Gasteiger partial charge < -0.3 is 24.8 Å². The second-order valence-corrected chi connectivity index (χ2v) is 9.58. The lowest BCUT2D eigenvalue weighted by molar-refractivity contribution is -0.155. The number of fused-ring (bicyclic) bond motifs is 1. The summed E-state index contributed by atoms with van der Waals surface area (Å²) < 4.78 is 11.6. The molecule has 9 heteroatoms. The Morgan fingerprint density at radius 1 is 1.37 bits per heavy atom. The fourth-order valence-electron chi connectivity index (χ4n) is 5.37. The van der Waals surface area contributed by atoms with Gasteiger partial charge in [0.25, 0.3) is 0 Å². The molecule has 1 unspecified atom stereocenters. The Hall–Kier alpha value is -1.19. The van der Waals surface area contributed by atoms with Crippen LogP contribution in [-0.4, -0.2) is 76.2 Å². The van der Waals surface area contributed by atoms with Crippen LogP contribution in [0, 0.1) is 11.8 Å². The van der Waals surface area contributed by atoms with Gasteiger partial charge in [-0.25, -0.2) is 0 Å². The van der Waals surface area contributed by atoms with Gasteiger partial charge in [-0.05, 0) is 26.2 Å². The zero-order chi connectivity index (χ0) is 22.1. The third-order valence-electron chi connectivity index (χ3n) is 6.69. The molecule has 7 atom stereocenters. The fourth-order valence-corrected chi connectivity index (χ4v) is 6.31. The highest BCUT2D eigenvalue weighted by molar-refractivity contribution is 9.09. The molecule has 0 aromatic carbocycles. The lowest BCUT2D eigenvalue weighted by atomic mass is 9.70. The molecule has 3 aliphatic heterocycles. The maximum atomic E-state index is 13.6. The summed E-state index contributed by atoms with van der Waals surface area (Å²) in [7, 11) is 0. The van der Waals surface area contributed by atoms with Crippen molar-refractivity contribution < 1.29 is 29.0 Å². The number of carbonyl (C=O) groups excluding carboxylic acids is 3. The van der Waals surface area contributed by atoms with Crippen molar-refractivity contribution in [1.82, 2.24) is 10.2 Å². The number of aliphatic hydroxyl groups excluding tert-OH is 1. The minimum Gasteiger partial charge on any atom is -0.466 e. The van der Waals surface area contributed by atoms with E-state index in [0.29, 0.717) is 19.4 Å². The highest BCUT2D eigenvalue weighted by Crippen LogP contribution is 2.60. The van der Waals surface area contributed by atoms with Crippen molar-refractivity contribution in [2.24, 2.45) is 11.8 Å². The molecule has 2 amide bonds. The summed E-state index contributed by atoms with van der Waals surface area (Å²) in [6.07, 6.45) is 3.33. The zero-order valence-electron chi connectivity index (χ0n) is 17.9. The van der Waals surface area contributed by atoms with E-state index in [4.69, 9.17) is 9.47 Å². The van der Waals surface area contributed by atoms with Gasteiger partial charge in [-0.3, -0.25) is 14.4 Å². The van der Waals surface area contributed by atoms with Gasteiger partial charge in [-0.2, -0.15) is 0 Å². The first-order valence-corrected chi connectivity index (χ1v) is 12.0. The number of carbonyl (C=O) groups is 3. The smallest absolute Gasteiger partial charge is 0.312 e. The van der Waals surface area contributed by atoms with Crippen LogP contribution in [0.15, 0.2) is 0 Å². The van der Waals surface area contributed by atoms with Crippen molar-refractivity contribution in [2.45, 2.75) is 81.5 Å². The molecule has 0 radical (unpaired) electrons. The van der Waals surface area contributed by atoms with E-state index in [-0.39, 0.29) is 29.9 Å². The molecule has 3 heterocycles. The number of aliphatic hydroxyl groups is 1. The molecule has 3 rings (SSSR count). The SMILES string of the molecule is CCCCCNC(=O)[C@@H]1N([C@@H](CC)CO)C(=O)[C@H]2[C@H](C(=O)OCC)[C@H]3O[C@@]12CC3Br. The molecular weight excluding hydrogens is 456 g/mol. The lowest BCUT2D eigenvalue weighted by Gasteiger charge is -2.36. The molecule has 0 aromatic rings. The number of nitrogens with zero attached hydrogens (tertiary/aromatic N) is 1. The minimum atomic E-state index is -1.09. The van der Waals surface area contributed by atoms with Gasteiger partial charge in [-0.1, -0.05) is 42.6 Å². The fraction of sp³-hybridized carbons (Fsp3) is 0.857. The van der Waals surface area contributed by atoms with Crippen molar-refractivity contribution in [3.05, 3.63) is 0 Å². The van der Waals surface area contributed by atoms with Crippen LogP contribution in [0.4, 0.5) is 0 Å². The van der Waals surface area contributed by atoms with E-state index in [1.807, 2.05) is 6.92 Å². The number of likely N-dealkylation sites (tertiary alicyclic amines) is 1. The highest BCUT2D eigenvalue weighted by atomic mass is 79.9. The molecule has 0 aliphatic carbocycles. The first kappa shape index (κ1) is 23.5. The van der Waals surface area contributed by atoms with Crippen LogP contribution in [0.25, 0.3) is 0 Å². The van der Waals surface area contributed by atoms with Gasteiger partial charge in [0.15, 0.2) is 0 Å². The Bertz CT molecular complexity index is 672. The number of esters is 1. The van der Waals surface area contributed by atoms with Gasteiger partial charge in [0.1, 0.15) is 11.6 Å². The van der Waals surface area contributed by atoms with Gasteiger partial charge in [0.2, 0.25) is 11.8 Å². The van der Waals surface area contributed by atoms with Crippen LogP contribution in [0.1, 0.15) is 52.9 Å². The van der Waals surface area contributed by atoms with Crippen molar-refractivity contribution in [1.29, 1.82) is 0 Å². The number of amides is 2. The highest BCUT2D eigenvalue weighted by Gasteiger charge is 2.77. The zero-order valence-corrected chi connectivity index (χ0v) is 19.5. The van der Waals surface area contributed by atoms with E-state index in [1.165, 1.54) is 4.90 Å². The predicted octanol–water partition coefficient (Wildman–Crippen LogP) is 1.37. The molecule has 2 bridgehead atoms. The van der Waals surface area contributed by atoms with E-state index in [2.05, 4.69) is 28.2 Å². The molecule has 1 spiro atoms. The van der Waals surface area contributed by atoms with Gasteiger partial charge in [0.05, 0.1) is 37.2 Å². The molecule has 0 saturated carbocycles. The minimum absolute atomic E-state index is 0.152. The summed E-state index contributed by atoms with van der Waals surface area (Å²) in [5, 5.41) is 12.9. The maximum Gasteiger partial charge on any atom is 0.312 e. The Balaban J connectivity index is 1.97. The standard InChI is InChI=1S/C21H33BrN2O6/c1-4-7-8-9-23-18(26)17-21-10-13(22)16(30-21)14(20(28)29-6-3)15(21)19(27)24(17)12(5-2)11-25/h12-17,25H,4-11H2,1-3H3,(H,23,26)/t12-,13?,14-,15+,16-,17-,21+/m0/s1. The van der Waals surface area contributed by atoms with Gasteiger partial charge in [-0.15, -0.1) is 0 Å². The Labute approximate surface area is 186 Å². The van der Waals surface area contributed by atoms with E-state index in [9.17, 15) is 19.5 Å². The average molecular weight is 489 g/mol. The van der Waals surface area contributed by atoms with Gasteiger partial charge >= 0.3 is 5.97 Å². The number of rotatable bonds is 10. The normalized spacial score (nSPS) is 35.4. The van der Waals surface area contributed by atoms with Crippen molar-refractivity contribution >= 4 is 33.7 Å². The topological polar surface area (TPSA) is 105 Å². The summed E-state index contributed by atoms with van der Waals surface area (Å²) in [4.78, 5) is 41.0. The molecule has 0 aromatic heterocycles. The summed E-state index contributed by atoms with van der Waals surface area (Å²) in [5.41, 5.74) is -1.09. The van der Waals surface area contributed by atoms with Crippen LogP contribution >= 0.6 is 15.9 Å². The average Bonchev–Trinajstić information content (AvgIpc) is 3.30. The van der Waals surface area contributed by atoms with E-state index >= 15 is 0 Å². The number of ether oxygens (including phenoxy) is 2. The Kier molecular flexibility index (Phi) is 7.45. The largest absolute Gasteiger partial charge is 0.466 e. The molecule has 30 heavy (non-hydrogen) atoms. The van der Waals surface area contributed by atoms with E-state index < -0.39 is 41.6 Å². The van der Waals surface area contributed by atoms with Crippen LogP contribution in [0.3, 0.4) is 0 Å². The molecule has 3 fully saturated rings. The Morgan fingerprint density at radius 2 is 2.10 bits per heavy atom. The number of halogens is 1. The van der Waals surface area contributed by atoms with Gasteiger partial charge in [0, 0.05) is 11.4 Å². The second-order valence-electron chi connectivity index (χ2n) is 8.40. The summed E-state index contributed by atoms with van der Waals surface area (Å²) in [5.74, 6) is -2.58. The number of alkyl halides is 1. The lowest BCUT2D eigenvalue weighted by Crippen LogP contribution is -2.58. The molecular formula is C21H33BrN2O6. The molecule has 8 nitrogen and oxygen atoms in total. The van der Waals surface area contributed by atoms with Crippen molar-refractivity contribution in [3.63, 3.8) is 0 Å². The molecule has 2 N–H and O–H groups in total. The predicted molar refractivity (Wildman–Crippen MR) is 113 cm³/mol. The third kappa shape index (κ3) is 3.66. The number of hydrogen-bond acceptors (Lipinski definition) is 6. The van der Waals surface area contributed by atoms with Crippen LogP contribution in [-0.2, 0) is 23.9 Å². The third-order valence-corrected chi connectivity index (χ3v) is 7.53. The molecule has 3 aliphatic rings. The van der Waals surface area contributed by atoms with E-state index in [1.54, 1.807) is 6.92 Å². The first-order chi connectivity index (χ1) is 14.4. The first-order valence-electron chi connectivity index (χ1n) is 11.1. The number of unbranched alkanes of at least 4 members (excludes halogenated alkanes) is 2. The van der Waals surface area contributed by atoms with Crippen molar-refractivity contribution in [2.75, 3.05) is 19.8 Å². The molecule has 170 valence electrons. The van der Waals surface area contributed by atoms with Crippen LogP contribution in [0.2, 0.25) is 0 Å². The maximum absolute atomic E-state index is 13.6.